The van der Waals surface area contributed by atoms with E-state index in [-0.39, 0.29) is 26.4 Å². The Morgan fingerprint density at radius 2 is 1.65 bits per heavy atom. The first-order valence-corrected chi connectivity index (χ1v) is 7.40. The molecule has 1 aliphatic heterocycles. The quantitative estimate of drug-likeness (QED) is 0.558. The zero-order valence-electron chi connectivity index (χ0n) is 13.4. The van der Waals surface area contributed by atoms with Gasteiger partial charge in [-0.05, 0) is 25.5 Å². The normalized spacial score (nSPS) is 12.2. The SMILES string of the molecule is CCOC(=O)C(Cc1cc2c(cc1OC)OCO2)C(=O)OCC. The molecule has 0 spiro atoms. The minimum atomic E-state index is -1.05. The van der Waals surface area contributed by atoms with Crippen molar-refractivity contribution in [2.75, 3.05) is 27.1 Å². The van der Waals surface area contributed by atoms with Crippen molar-refractivity contribution >= 4 is 11.9 Å². The molecule has 0 amide bonds. The highest BCUT2D eigenvalue weighted by Gasteiger charge is 2.31. The van der Waals surface area contributed by atoms with E-state index in [0.29, 0.717) is 22.8 Å². The van der Waals surface area contributed by atoms with Crippen LogP contribution in [0.2, 0.25) is 0 Å². The van der Waals surface area contributed by atoms with Crippen LogP contribution in [0.25, 0.3) is 0 Å². The Morgan fingerprint density at radius 3 is 2.17 bits per heavy atom. The molecule has 0 aliphatic carbocycles. The van der Waals surface area contributed by atoms with Crippen LogP contribution in [-0.4, -0.2) is 39.1 Å². The predicted octanol–water partition coefficient (Wildman–Crippen LogP) is 1.71. The number of benzene rings is 1. The van der Waals surface area contributed by atoms with Gasteiger partial charge >= 0.3 is 11.9 Å². The second-order valence-corrected chi connectivity index (χ2v) is 4.78. The van der Waals surface area contributed by atoms with E-state index in [2.05, 4.69) is 0 Å². The van der Waals surface area contributed by atoms with Crippen molar-refractivity contribution < 1.29 is 33.3 Å². The van der Waals surface area contributed by atoms with E-state index < -0.39 is 17.9 Å². The Morgan fingerprint density at radius 1 is 1.09 bits per heavy atom. The predicted molar refractivity (Wildman–Crippen MR) is 79.6 cm³/mol. The van der Waals surface area contributed by atoms with Gasteiger partial charge in [0.05, 0.1) is 20.3 Å². The number of esters is 2. The number of ether oxygens (including phenoxy) is 5. The van der Waals surface area contributed by atoms with E-state index in [1.54, 1.807) is 26.0 Å². The highest BCUT2D eigenvalue weighted by molar-refractivity contribution is 5.95. The third-order valence-corrected chi connectivity index (χ3v) is 3.34. The molecule has 0 radical (unpaired) electrons. The highest BCUT2D eigenvalue weighted by Crippen LogP contribution is 2.39. The average Bonchev–Trinajstić information content (AvgIpc) is 2.99. The molecular formula is C16H20O7. The van der Waals surface area contributed by atoms with Crippen LogP contribution in [0.3, 0.4) is 0 Å². The topological polar surface area (TPSA) is 80.3 Å². The minimum Gasteiger partial charge on any atom is -0.496 e. The molecule has 1 aliphatic rings. The van der Waals surface area contributed by atoms with Crippen molar-refractivity contribution in [1.82, 2.24) is 0 Å². The van der Waals surface area contributed by atoms with Crippen molar-refractivity contribution in [2.45, 2.75) is 20.3 Å². The minimum absolute atomic E-state index is 0.0947. The molecule has 7 nitrogen and oxygen atoms in total. The highest BCUT2D eigenvalue weighted by atomic mass is 16.7. The summed E-state index contributed by atoms with van der Waals surface area (Å²) in [6.45, 7) is 3.86. The maximum atomic E-state index is 12.1. The molecule has 126 valence electrons. The number of rotatable bonds is 7. The molecule has 2 rings (SSSR count). The Balaban J connectivity index is 2.28. The summed E-state index contributed by atoms with van der Waals surface area (Å²) in [6, 6.07) is 3.37. The summed E-state index contributed by atoms with van der Waals surface area (Å²) in [4.78, 5) is 24.2. The van der Waals surface area contributed by atoms with E-state index in [1.165, 1.54) is 7.11 Å². The van der Waals surface area contributed by atoms with Gasteiger partial charge in [0.15, 0.2) is 17.4 Å². The lowest BCUT2D eigenvalue weighted by Gasteiger charge is -2.16. The Bertz CT molecular complexity index is 564. The van der Waals surface area contributed by atoms with Crippen molar-refractivity contribution in [2.24, 2.45) is 5.92 Å². The first-order chi connectivity index (χ1) is 11.1. The first-order valence-electron chi connectivity index (χ1n) is 7.40. The summed E-state index contributed by atoms with van der Waals surface area (Å²) >= 11 is 0. The molecule has 1 aromatic rings. The lowest BCUT2D eigenvalue weighted by atomic mass is 9.98. The fourth-order valence-corrected chi connectivity index (χ4v) is 2.28. The standard InChI is InChI=1S/C16H20O7/c1-4-20-15(17)11(16(18)21-5-2)6-10-7-13-14(23-9-22-13)8-12(10)19-3/h7-8,11H,4-6,9H2,1-3H3. The summed E-state index contributed by atoms with van der Waals surface area (Å²) in [5, 5.41) is 0. The van der Waals surface area contributed by atoms with Crippen LogP contribution in [0.1, 0.15) is 19.4 Å². The summed E-state index contributed by atoms with van der Waals surface area (Å²) in [5.41, 5.74) is 0.642. The molecule has 1 aromatic carbocycles. The zero-order chi connectivity index (χ0) is 16.8. The van der Waals surface area contributed by atoms with Crippen molar-refractivity contribution in [3.8, 4) is 17.2 Å². The van der Waals surface area contributed by atoms with Crippen LogP contribution in [-0.2, 0) is 25.5 Å². The summed E-state index contributed by atoms with van der Waals surface area (Å²) in [5.74, 6) is -0.671. The van der Waals surface area contributed by atoms with E-state index >= 15 is 0 Å². The Kier molecular flexibility index (Phi) is 5.67. The fraction of sp³-hybridized carbons (Fsp3) is 0.500. The number of methoxy groups -OCH3 is 1. The van der Waals surface area contributed by atoms with Crippen molar-refractivity contribution in [3.05, 3.63) is 17.7 Å². The fourth-order valence-electron chi connectivity index (χ4n) is 2.28. The van der Waals surface area contributed by atoms with Gasteiger partial charge in [-0.15, -0.1) is 0 Å². The van der Waals surface area contributed by atoms with E-state index in [1.807, 2.05) is 0 Å². The average molecular weight is 324 g/mol. The summed E-state index contributed by atoms with van der Waals surface area (Å²) < 4.78 is 25.9. The van der Waals surface area contributed by atoms with Crippen LogP contribution in [0.4, 0.5) is 0 Å². The molecule has 0 unspecified atom stereocenters. The Hall–Kier alpha value is -2.44. The van der Waals surface area contributed by atoms with Crippen molar-refractivity contribution in [3.63, 3.8) is 0 Å². The summed E-state index contributed by atoms with van der Waals surface area (Å²) in [6.07, 6.45) is 0.0947. The van der Waals surface area contributed by atoms with E-state index in [0.717, 1.165) is 0 Å². The lowest BCUT2D eigenvalue weighted by molar-refractivity contribution is -0.161. The van der Waals surface area contributed by atoms with Crippen LogP contribution in [0, 0.1) is 5.92 Å². The van der Waals surface area contributed by atoms with E-state index in [9.17, 15) is 9.59 Å². The summed E-state index contributed by atoms with van der Waals surface area (Å²) in [7, 11) is 1.50. The third kappa shape index (κ3) is 3.85. The number of carbonyl (C=O) groups excluding carboxylic acids is 2. The molecule has 0 saturated heterocycles. The van der Waals surface area contributed by atoms with Gasteiger partial charge in [-0.2, -0.15) is 0 Å². The molecule has 0 atom stereocenters. The number of hydrogen-bond acceptors (Lipinski definition) is 7. The second-order valence-electron chi connectivity index (χ2n) is 4.78. The van der Waals surface area contributed by atoms with Gasteiger partial charge in [0.1, 0.15) is 5.75 Å². The molecule has 0 bridgehead atoms. The van der Waals surface area contributed by atoms with Gasteiger partial charge in [-0.3, -0.25) is 9.59 Å². The van der Waals surface area contributed by atoms with Gasteiger partial charge in [0.2, 0.25) is 6.79 Å². The van der Waals surface area contributed by atoms with Gasteiger partial charge in [0, 0.05) is 12.5 Å². The lowest BCUT2D eigenvalue weighted by Crippen LogP contribution is -2.30. The van der Waals surface area contributed by atoms with Gasteiger partial charge in [-0.1, -0.05) is 0 Å². The van der Waals surface area contributed by atoms with Crippen LogP contribution < -0.4 is 14.2 Å². The molecule has 0 saturated carbocycles. The number of carbonyl (C=O) groups is 2. The smallest absolute Gasteiger partial charge is 0.320 e. The Labute approximate surface area is 134 Å². The maximum Gasteiger partial charge on any atom is 0.320 e. The second kappa shape index (κ2) is 7.71. The molecule has 0 fully saturated rings. The molecular weight excluding hydrogens is 304 g/mol. The van der Waals surface area contributed by atoms with Crippen LogP contribution in [0.15, 0.2) is 12.1 Å². The maximum absolute atomic E-state index is 12.1. The monoisotopic (exact) mass is 324 g/mol. The van der Waals surface area contributed by atoms with Gasteiger partial charge < -0.3 is 23.7 Å². The zero-order valence-corrected chi connectivity index (χ0v) is 13.4. The molecule has 1 heterocycles. The largest absolute Gasteiger partial charge is 0.496 e. The first kappa shape index (κ1) is 16.9. The van der Waals surface area contributed by atoms with Crippen molar-refractivity contribution in [1.29, 1.82) is 0 Å². The molecule has 7 heteroatoms. The molecule has 23 heavy (non-hydrogen) atoms. The van der Waals surface area contributed by atoms with Gasteiger partial charge in [-0.25, -0.2) is 0 Å². The third-order valence-electron chi connectivity index (χ3n) is 3.34. The van der Waals surface area contributed by atoms with E-state index in [4.69, 9.17) is 23.7 Å². The number of fused-ring (bicyclic) bond motifs is 1. The van der Waals surface area contributed by atoms with Crippen LogP contribution in [0.5, 0.6) is 17.2 Å². The molecule has 0 N–H and O–H groups in total. The van der Waals surface area contributed by atoms with Crippen LogP contribution >= 0.6 is 0 Å². The number of hydrogen-bond donors (Lipinski definition) is 0. The van der Waals surface area contributed by atoms with Gasteiger partial charge in [0.25, 0.3) is 0 Å². The molecule has 0 aromatic heterocycles.